The number of carbonyl (C=O) groups excluding carboxylic acids is 1. The molecule has 2 aromatic rings. The molecule has 7 nitrogen and oxygen atoms in total. The second-order valence-corrected chi connectivity index (χ2v) is 8.12. The van der Waals surface area contributed by atoms with Crippen LogP contribution in [0.2, 0.25) is 0 Å². The van der Waals surface area contributed by atoms with E-state index in [0.717, 1.165) is 0 Å². The lowest BCUT2D eigenvalue weighted by Crippen LogP contribution is -2.41. The second kappa shape index (κ2) is 9.29. The molecule has 1 aliphatic heterocycles. The number of rotatable bonds is 7. The molecule has 0 unspecified atom stereocenters. The minimum Gasteiger partial charge on any atom is -0.435 e. The standard InChI is InChI=1S/C19H20F2N2O5S/c20-19(21)28-16-6-3-5-14(12-16)18(24)22-13-15-4-1-2-7-17(15)29(25,26)23-8-10-27-11-9-23/h1-7,12,19H,8-11,13H2,(H,22,24). The molecule has 3 rings (SSSR count). The van der Waals surface area contributed by atoms with Crippen LogP contribution < -0.4 is 10.1 Å². The van der Waals surface area contributed by atoms with Crippen LogP contribution in [0.5, 0.6) is 5.75 Å². The van der Waals surface area contributed by atoms with Crippen molar-refractivity contribution in [3.05, 3.63) is 59.7 Å². The Morgan fingerprint density at radius 2 is 1.86 bits per heavy atom. The van der Waals surface area contributed by atoms with Crippen molar-refractivity contribution in [1.29, 1.82) is 0 Å². The minimum absolute atomic E-state index is 0.0431. The Morgan fingerprint density at radius 1 is 1.14 bits per heavy atom. The van der Waals surface area contributed by atoms with Gasteiger partial charge in [0.05, 0.1) is 18.1 Å². The van der Waals surface area contributed by atoms with Gasteiger partial charge in [0.25, 0.3) is 5.91 Å². The van der Waals surface area contributed by atoms with Crippen molar-refractivity contribution >= 4 is 15.9 Å². The van der Waals surface area contributed by atoms with Gasteiger partial charge in [-0.05, 0) is 29.8 Å². The van der Waals surface area contributed by atoms with E-state index in [4.69, 9.17) is 4.74 Å². The fraction of sp³-hybridized carbons (Fsp3) is 0.316. The number of hydrogen-bond acceptors (Lipinski definition) is 5. The second-order valence-electron chi connectivity index (χ2n) is 6.21. The molecule has 29 heavy (non-hydrogen) atoms. The van der Waals surface area contributed by atoms with Gasteiger partial charge in [0.15, 0.2) is 0 Å². The summed E-state index contributed by atoms with van der Waals surface area (Å²) in [4.78, 5) is 12.5. The van der Waals surface area contributed by atoms with Crippen LogP contribution in [0.1, 0.15) is 15.9 Å². The van der Waals surface area contributed by atoms with Gasteiger partial charge in [0, 0.05) is 25.2 Å². The van der Waals surface area contributed by atoms with Crippen molar-refractivity contribution < 1.29 is 31.5 Å². The summed E-state index contributed by atoms with van der Waals surface area (Å²) in [7, 11) is -3.73. The number of nitrogens with zero attached hydrogens (tertiary/aromatic N) is 1. The summed E-state index contributed by atoms with van der Waals surface area (Å²) in [5, 5.41) is 2.62. The first-order valence-electron chi connectivity index (χ1n) is 8.87. The summed E-state index contributed by atoms with van der Waals surface area (Å²) in [6.07, 6.45) is 0. The molecule has 0 saturated carbocycles. The van der Waals surface area contributed by atoms with E-state index in [1.54, 1.807) is 18.2 Å². The minimum atomic E-state index is -3.73. The van der Waals surface area contributed by atoms with E-state index in [-0.39, 0.29) is 35.8 Å². The highest BCUT2D eigenvalue weighted by Gasteiger charge is 2.28. The largest absolute Gasteiger partial charge is 0.435 e. The number of amides is 1. The highest BCUT2D eigenvalue weighted by Crippen LogP contribution is 2.21. The molecule has 2 aromatic carbocycles. The van der Waals surface area contributed by atoms with Crippen LogP contribution in [-0.4, -0.2) is 51.5 Å². The van der Waals surface area contributed by atoms with Crippen LogP contribution >= 0.6 is 0 Å². The summed E-state index contributed by atoms with van der Waals surface area (Å²) < 4.78 is 61.4. The monoisotopic (exact) mass is 426 g/mol. The van der Waals surface area contributed by atoms with Gasteiger partial charge in [-0.2, -0.15) is 13.1 Å². The number of nitrogens with one attached hydrogen (secondary N) is 1. The molecule has 156 valence electrons. The van der Waals surface area contributed by atoms with Crippen LogP contribution in [0.15, 0.2) is 53.4 Å². The number of morpholine rings is 1. The molecule has 0 bridgehead atoms. The average Bonchev–Trinajstić information content (AvgIpc) is 2.72. The highest BCUT2D eigenvalue weighted by atomic mass is 32.2. The normalized spacial score (nSPS) is 15.3. The average molecular weight is 426 g/mol. The summed E-state index contributed by atoms with van der Waals surface area (Å²) in [5.41, 5.74) is 0.545. The fourth-order valence-corrected chi connectivity index (χ4v) is 4.55. The van der Waals surface area contributed by atoms with Crippen molar-refractivity contribution in [1.82, 2.24) is 9.62 Å². The first kappa shape index (κ1) is 21.2. The van der Waals surface area contributed by atoms with Gasteiger partial charge >= 0.3 is 6.61 Å². The third-order valence-corrected chi connectivity index (χ3v) is 6.32. The first-order chi connectivity index (χ1) is 13.9. The van der Waals surface area contributed by atoms with Gasteiger partial charge in [-0.15, -0.1) is 0 Å². The Bertz CT molecular complexity index is 963. The van der Waals surface area contributed by atoms with Crippen molar-refractivity contribution in [2.24, 2.45) is 0 Å². The molecule has 1 amide bonds. The van der Waals surface area contributed by atoms with Gasteiger partial charge in [-0.3, -0.25) is 4.79 Å². The summed E-state index contributed by atoms with van der Waals surface area (Å²) in [5.74, 6) is -0.675. The molecule has 1 aliphatic rings. The zero-order valence-electron chi connectivity index (χ0n) is 15.4. The molecular formula is C19H20F2N2O5S. The van der Waals surface area contributed by atoms with E-state index in [1.165, 1.54) is 34.6 Å². The predicted molar refractivity (Wildman–Crippen MR) is 100 cm³/mol. The van der Waals surface area contributed by atoms with Crippen molar-refractivity contribution in [3.63, 3.8) is 0 Å². The van der Waals surface area contributed by atoms with E-state index < -0.39 is 22.5 Å². The third-order valence-electron chi connectivity index (χ3n) is 4.32. The topological polar surface area (TPSA) is 84.9 Å². The maximum atomic E-state index is 12.9. The predicted octanol–water partition coefficient (Wildman–Crippen LogP) is 2.24. The quantitative estimate of drug-likeness (QED) is 0.734. The Hall–Kier alpha value is -2.56. The van der Waals surface area contributed by atoms with Crippen molar-refractivity contribution in [2.75, 3.05) is 26.3 Å². The molecule has 1 heterocycles. The van der Waals surface area contributed by atoms with Crippen LogP contribution in [0.3, 0.4) is 0 Å². The maximum Gasteiger partial charge on any atom is 0.387 e. The van der Waals surface area contributed by atoms with E-state index in [1.807, 2.05) is 0 Å². The Kier molecular flexibility index (Phi) is 6.78. The molecule has 10 heteroatoms. The molecule has 0 aliphatic carbocycles. The van der Waals surface area contributed by atoms with Crippen LogP contribution in [-0.2, 0) is 21.3 Å². The number of alkyl halides is 2. The zero-order valence-corrected chi connectivity index (χ0v) is 16.2. The zero-order chi connectivity index (χ0) is 20.9. The van der Waals surface area contributed by atoms with Crippen LogP contribution in [0.4, 0.5) is 8.78 Å². The van der Waals surface area contributed by atoms with E-state index >= 15 is 0 Å². The smallest absolute Gasteiger partial charge is 0.387 e. The number of carbonyl (C=O) groups is 1. The Labute approximate surface area is 167 Å². The number of benzene rings is 2. The van der Waals surface area contributed by atoms with Gasteiger partial charge in [-0.1, -0.05) is 24.3 Å². The number of hydrogen-bond donors (Lipinski definition) is 1. The van der Waals surface area contributed by atoms with Gasteiger partial charge in [-0.25, -0.2) is 8.42 Å². The highest BCUT2D eigenvalue weighted by molar-refractivity contribution is 7.89. The third kappa shape index (κ3) is 5.28. The number of halogens is 2. The van der Waals surface area contributed by atoms with Crippen LogP contribution in [0.25, 0.3) is 0 Å². The van der Waals surface area contributed by atoms with E-state index in [0.29, 0.717) is 18.8 Å². The molecule has 1 N–H and O–H groups in total. The molecule has 1 saturated heterocycles. The molecule has 0 radical (unpaired) electrons. The molecule has 0 spiro atoms. The molecule has 1 fully saturated rings. The Balaban J connectivity index is 1.74. The number of ether oxygens (including phenoxy) is 2. The van der Waals surface area contributed by atoms with Gasteiger partial charge in [0.1, 0.15) is 5.75 Å². The first-order valence-corrected chi connectivity index (χ1v) is 10.3. The number of sulfonamides is 1. The summed E-state index contributed by atoms with van der Waals surface area (Å²) in [6, 6.07) is 11.8. The summed E-state index contributed by atoms with van der Waals surface area (Å²) >= 11 is 0. The summed E-state index contributed by atoms with van der Waals surface area (Å²) in [6.45, 7) is -1.85. The Morgan fingerprint density at radius 3 is 2.59 bits per heavy atom. The van der Waals surface area contributed by atoms with Crippen molar-refractivity contribution in [2.45, 2.75) is 18.1 Å². The van der Waals surface area contributed by atoms with E-state index in [9.17, 15) is 22.0 Å². The van der Waals surface area contributed by atoms with Crippen molar-refractivity contribution in [3.8, 4) is 5.75 Å². The molecule has 0 atom stereocenters. The maximum absolute atomic E-state index is 12.9. The fourth-order valence-electron chi connectivity index (χ4n) is 2.92. The molecule has 0 aromatic heterocycles. The van der Waals surface area contributed by atoms with Crippen LogP contribution in [0, 0.1) is 0 Å². The lowest BCUT2D eigenvalue weighted by atomic mass is 10.2. The lowest BCUT2D eigenvalue weighted by Gasteiger charge is -2.27. The molecular weight excluding hydrogens is 406 g/mol. The van der Waals surface area contributed by atoms with E-state index in [2.05, 4.69) is 10.1 Å². The SMILES string of the molecule is O=C(NCc1ccccc1S(=O)(=O)N1CCOCC1)c1cccc(OC(F)F)c1. The lowest BCUT2D eigenvalue weighted by molar-refractivity contribution is -0.0498. The van der Waals surface area contributed by atoms with Gasteiger partial charge < -0.3 is 14.8 Å². The van der Waals surface area contributed by atoms with Gasteiger partial charge in [0.2, 0.25) is 10.0 Å².